The van der Waals surface area contributed by atoms with Gasteiger partial charge in [-0.15, -0.1) is 0 Å². The minimum Gasteiger partial charge on any atom is -0.494 e. The molecular weight excluding hydrogens is 354 g/mol. The van der Waals surface area contributed by atoms with Gasteiger partial charge in [-0.25, -0.2) is 0 Å². The Labute approximate surface area is 176 Å². The van der Waals surface area contributed by atoms with Crippen LogP contribution < -0.4 is 4.74 Å². The Bertz CT molecular complexity index is 835. The minimum atomic E-state index is 0.688. The topological polar surface area (TPSA) is 22.1 Å². The van der Waals surface area contributed by atoms with Gasteiger partial charge in [-0.05, 0) is 79.6 Å². The van der Waals surface area contributed by atoms with Gasteiger partial charge in [0.1, 0.15) is 5.75 Å². The van der Waals surface area contributed by atoms with Crippen LogP contribution in [-0.2, 0) is 19.3 Å². The molecule has 0 amide bonds. The van der Waals surface area contributed by atoms with Crippen LogP contribution in [0.3, 0.4) is 0 Å². The molecule has 0 bridgehead atoms. The number of unbranched alkanes of at least 4 members (excludes halogenated alkanes) is 3. The van der Waals surface area contributed by atoms with E-state index in [1.165, 1.54) is 48.8 Å². The molecule has 0 saturated carbocycles. The quantitative estimate of drug-likeness (QED) is 0.329. The van der Waals surface area contributed by atoms with Crippen molar-refractivity contribution in [2.45, 2.75) is 58.8 Å². The molecule has 3 aromatic rings. The zero-order valence-corrected chi connectivity index (χ0v) is 17.9. The summed E-state index contributed by atoms with van der Waals surface area (Å²) < 4.78 is 5.51. The molecule has 0 unspecified atom stereocenters. The zero-order valence-electron chi connectivity index (χ0n) is 17.9. The van der Waals surface area contributed by atoms with Gasteiger partial charge < -0.3 is 4.74 Å². The van der Waals surface area contributed by atoms with Gasteiger partial charge in [0.25, 0.3) is 0 Å². The van der Waals surface area contributed by atoms with Crippen molar-refractivity contribution in [1.29, 1.82) is 0 Å². The van der Waals surface area contributed by atoms with E-state index >= 15 is 0 Å². The standard InChI is InChI=1S/C27H33NO/c1-3-5-6-7-8-22-9-11-23(12-10-22)13-14-24-15-20-27(28-21-24)25-16-18-26(19-17-25)29-4-2/h9-12,15-21H,3-8,13-14H2,1-2H3. The molecule has 2 aromatic carbocycles. The molecule has 1 aromatic heterocycles. The van der Waals surface area contributed by atoms with Gasteiger partial charge >= 0.3 is 0 Å². The van der Waals surface area contributed by atoms with Crippen molar-refractivity contribution in [3.8, 4) is 17.0 Å². The highest BCUT2D eigenvalue weighted by atomic mass is 16.5. The number of ether oxygens (including phenoxy) is 1. The van der Waals surface area contributed by atoms with Gasteiger partial charge in [0.2, 0.25) is 0 Å². The van der Waals surface area contributed by atoms with E-state index in [9.17, 15) is 0 Å². The minimum absolute atomic E-state index is 0.688. The van der Waals surface area contributed by atoms with Crippen molar-refractivity contribution >= 4 is 0 Å². The number of aryl methyl sites for hydroxylation is 3. The molecule has 0 atom stereocenters. The van der Waals surface area contributed by atoms with Gasteiger partial charge in [0.15, 0.2) is 0 Å². The van der Waals surface area contributed by atoms with E-state index in [0.29, 0.717) is 6.61 Å². The third kappa shape index (κ3) is 6.74. The number of hydrogen-bond donors (Lipinski definition) is 0. The number of rotatable bonds is 11. The second-order valence-corrected chi connectivity index (χ2v) is 7.64. The van der Waals surface area contributed by atoms with Gasteiger partial charge in [0, 0.05) is 11.8 Å². The summed E-state index contributed by atoms with van der Waals surface area (Å²) in [5, 5.41) is 0. The molecule has 0 radical (unpaired) electrons. The normalized spacial score (nSPS) is 10.8. The fourth-order valence-electron chi connectivity index (χ4n) is 3.55. The third-order valence-electron chi connectivity index (χ3n) is 5.33. The van der Waals surface area contributed by atoms with Crippen molar-refractivity contribution in [3.05, 3.63) is 83.6 Å². The largest absolute Gasteiger partial charge is 0.494 e. The Morgan fingerprint density at radius 1 is 0.655 bits per heavy atom. The molecule has 0 aliphatic rings. The molecule has 2 nitrogen and oxygen atoms in total. The highest BCUT2D eigenvalue weighted by molar-refractivity contribution is 5.60. The average molecular weight is 388 g/mol. The SMILES string of the molecule is CCCCCCc1ccc(CCc2ccc(-c3ccc(OCC)cc3)nc2)cc1. The molecule has 2 heteroatoms. The maximum Gasteiger partial charge on any atom is 0.119 e. The lowest BCUT2D eigenvalue weighted by molar-refractivity contribution is 0.340. The highest BCUT2D eigenvalue weighted by Gasteiger charge is 2.02. The van der Waals surface area contributed by atoms with Gasteiger partial charge in [-0.3, -0.25) is 4.98 Å². The van der Waals surface area contributed by atoms with Crippen molar-refractivity contribution in [3.63, 3.8) is 0 Å². The van der Waals surface area contributed by atoms with Crippen LogP contribution in [0.1, 0.15) is 56.2 Å². The van der Waals surface area contributed by atoms with Crippen LogP contribution in [0.25, 0.3) is 11.3 Å². The molecule has 152 valence electrons. The van der Waals surface area contributed by atoms with Crippen molar-refractivity contribution in [2.24, 2.45) is 0 Å². The Balaban J connectivity index is 1.49. The van der Waals surface area contributed by atoms with Crippen molar-refractivity contribution < 1.29 is 4.74 Å². The van der Waals surface area contributed by atoms with E-state index in [-0.39, 0.29) is 0 Å². The molecular formula is C27H33NO. The first kappa shape index (κ1) is 21.1. The molecule has 0 spiro atoms. The van der Waals surface area contributed by atoms with Crippen LogP contribution in [0.2, 0.25) is 0 Å². The van der Waals surface area contributed by atoms with E-state index < -0.39 is 0 Å². The Kier molecular flexibility index (Phi) is 8.30. The first-order valence-electron chi connectivity index (χ1n) is 11.0. The number of hydrogen-bond acceptors (Lipinski definition) is 2. The van der Waals surface area contributed by atoms with Crippen LogP contribution in [0.4, 0.5) is 0 Å². The highest BCUT2D eigenvalue weighted by Crippen LogP contribution is 2.21. The van der Waals surface area contributed by atoms with Crippen LogP contribution >= 0.6 is 0 Å². The lowest BCUT2D eigenvalue weighted by Gasteiger charge is -2.07. The summed E-state index contributed by atoms with van der Waals surface area (Å²) in [6, 6.07) is 21.6. The molecule has 29 heavy (non-hydrogen) atoms. The van der Waals surface area contributed by atoms with Gasteiger partial charge in [0.05, 0.1) is 12.3 Å². The summed E-state index contributed by atoms with van der Waals surface area (Å²) in [7, 11) is 0. The number of aromatic nitrogens is 1. The van der Waals surface area contributed by atoms with Crippen LogP contribution in [0.5, 0.6) is 5.75 Å². The second kappa shape index (κ2) is 11.4. The van der Waals surface area contributed by atoms with E-state index in [1.807, 2.05) is 25.3 Å². The summed E-state index contributed by atoms with van der Waals surface area (Å²) in [6.45, 7) is 4.95. The Hall–Kier alpha value is -2.61. The predicted molar refractivity (Wildman–Crippen MR) is 123 cm³/mol. The van der Waals surface area contributed by atoms with Crippen LogP contribution in [0, 0.1) is 0 Å². The second-order valence-electron chi connectivity index (χ2n) is 7.64. The molecule has 0 N–H and O–H groups in total. The number of pyridine rings is 1. The number of benzene rings is 2. The summed E-state index contributed by atoms with van der Waals surface area (Å²) in [6.07, 6.45) is 10.6. The molecule has 0 saturated heterocycles. The van der Waals surface area contributed by atoms with Crippen LogP contribution in [-0.4, -0.2) is 11.6 Å². The lowest BCUT2D eigenvalue weighted by atomic mass is 10.0. The first-order valence-corrected chi connectivity index (χ1v) is 11.0. The Morgan fingerprint density at radius 2 is 1.31 bits per heavy atom. The van der Waals surface area contributed by atoms with Crippen molar-refractivity contribution in [2.75, 3.05) is 6.61 Å². The summed E-state index contributed by atoms with van der Waals surface area (Å²) in [5.74, 6) is 0.903. The lowest BCUT2D eigenvalue weighted by Crippen LogP contribution is -1.94. The summed E-state index contributed by atoms with van der Waals surface area (Å²) in [4.78, 5) is 4.66. The van der Waals surface area contributed by atoms with E-state index in [2.05, 4.69) is 60.4 Å². The zero-order chi connectivity index (χ0) is 20.3. The predicted octanol–water partition coefficient (Wildman–Crippen LogP) is 7.06. The maximum absolute atomic E-state index is 5.51. The van der Waals surface area contributed by atoms with Gasteiger partial charge in [-0.2, -0.15) is 0 Å². The maximum atomic E-state index is 5.51. The van der Waals surface area contributed by atoms with Crippen LogP contribution in [0.15, 0.2) is 66.9 Å². The molecule has 0 aliphatic carbocycles. The van der Waals surface area contributed by atoms with Crippen molar-refractivity contribution in [1.82, 2.24) is 4.98 Å². The molecule has 0 aliphatic heterocycles. The fraction of sp³-hybridized carbons (Fsp3) is 0.370. The molecule has 1 heterocycles. The monoisotopic (exact) mass is 387 g/mol. The van der Waals surface area contributed by atoms with Gasteiger partial charge in [-0.1, -0.05) is 56.5 Å². The van der Waals surface area contributed by atoms with E-state index in [1.54, 1.807) is 0 Å². The number of nitrogens with zero attached hydrogens (tertiary/aromatic N) is 1. The summed E-state index contributed by atoms with van der Waals surface area (Å²) in [5.41, 5.74) is 6.27. The van der Waals surface area contributed by atoms with E-state index in [4.69, 9.17) is 4.74 Å². The van der Waals surface area contributed by atoms with E-state index in [0.717, 1.165) is 29.8 Å². The smallest absolute Gasteiger partial charge is 0.119 e. The molecule has 3 rings (SSSR count). The first-order chi connectivity index (χ1) is 14.3. The average Bonchev–Trinajstić information content (AvgIpc) is 2.77. The third-order valence-corrected chi connectivity index (χ3v) is 5.33. The fourth-order valence-corrected chi connectivity index (χ4v) is 3.55. The molecule has 0 fully saturated rings. The Morgan fingerprint density at radius 3 is 1.93 bits per heavy atom. The summed E-state index contributed by atoms with van der Waals surface area (Å²) >= 11 is 0.